The van der Waals surface area contributed by atoms with Gasteiger partial charge >= 0.3 is 0 Å². The van der Waals surface area contributed by atoms with E-state index in [1.54, 1.807) is 0 Å². The third-order valence-electron chi connectivity index (χ3n) is 3.59. The molecular weight excluding hydrogens is 417 g/mol. The van der Waals surface area contributed by atoms with Crippen LogP contribution in [0.1, 0.15) is 57.9 Å². The van der Waals surface area contributed by atoms with Crippen molar-refractivity contribution >= 4 is 29.9 Å². The van der Waals surface area contributed by atoms with Crippen LogP contribution < -0.4 is 10.6 Å². The molecule has 2 N–H and O–H groups in total. The van der Waals surface area contributed by atoms with Gasteiger partial charge in [-0.3, -0.25) is 0 Å². The van der Waals surface area contributed by atoms with E-state index >= 15 is 0 Å². The fourth-order valence-electron chi connectivity index (χ4n) is 2.08. The van der Waals surface area contributed by atoms with Crippen LogP contribution in [0.5, 0.6) is 0 Å². The predicted molar refractivity (Wildman–Crippen MR) is 111 cm³/mol. The van der Waals surface area contributed by atoms with Crippen LogP contribution in [0.3, 0.4) is 0 Å². The van der Waals surface area contributed by atoms with Gasteiger partial charge in [-0.25, -0.2) is 4.99 Å². The SMILES string of the molecule is CCCCN(C)CCNC(=NCc1cc(C(C)C)no1)NCC.I. The Morgan fingerprint density at radius 1 is 1.29 bits per heavy atom. The van der Waals surface area contributed by atoms with E-state index in [-0.39, 0.29) is 24.0 Å². The first kappa shape index (κ1) is 23.2. The molecule has 0 aromatic carbocycles. The minimum absolute atomic E-state index is 0. The number of hydrogen-bond donors (Lipinski definition) is 2. The molecule has 0 amide bonds. The molecule has 0 fully saturated rings. The van der Waals surface area contributed by atoms with Gasteiger partial charge in [-0.1, -0.05) is 32.3 Å². The van der Waals surface area contributed by atoms with Crippen molar-refractivity contribution in [2.24, 2.45) is 4.99 Å². The molecule has 0 aliphatic heterocycles. The van der Waals surface area contributed by atoms with Gasteiger partial charge in [-0.05, 0) is 32.9 Å². The highest BCUT2D eigenvalue weighted by molar-refractivity contribution is 14.0. The number of aromatic nitrogens is 1. The van der Waals surface area contributed by atoms with E-state index in [4.69, 9.17) is 4.52 Å². The van der Waals surface area contributed by atoms with Crippen LogP contribution >= 0.6 is 24.0 Å². The molecule has 0 saturated carbocycles. The highest BCUT2D eigenvalue weighted by Crippen LogP contribution is 2.14. The number of nitrogens with one attached hydrogen (secondary N) is 2. The van der Waals surface area contributed by atoms with Crippen molar-refractivity contribution in [1.82, 2.24) is 20.7 Å². The molecule has 1 rings (SSSR count). The molecule has 1 aromatic heterocycles. The lowest BCUT2D eigenvalue weighted by Crippen LogP contribution is -2.41. The smallest absolute Gasteiger partial charge is 0.191 e. The first-order valence-electron chi connectivity index (χ1n) is 8.73. The van der Waals surface area contributed by atoms with E-state index in [2.05, 4.69) is 60.4 Å². The molecule has 0 atom stereocenters. The second kappa shape index (κ2) is 13.5. The van der Waals surface area contributed by atoms with Crippen LogP contribution in [0.25, 0.3) is 0 Å². The molecule has 0 bridgehead atoms. The van der Waals surface area contributed by atoms with E-state index < -0.39 is 0 Å². The monoisotopic (exact) mass is 451 g/mol. The lowest BCUT2D eigenvalue weighted by atomic mass is 10.1. The third-order valence-corrected chi connectivity index (χ3v) is 3.59. The Hall–Kier alpha value is -0.830. The lowest BCUT2D eigenvalue weighted by Gasteiger charge is -2.17. The van der Waals surface area contributed by atoms with Crippen LogP contribution in [0.2, 0.25) is 0 Å². The first-order chi connectivity index (χ1) is 11.1. The summed E-state index contributed by atoms with van der Waals surface area (Å²) in [6.07, 6.45) is 2.48. The quantitative estimate of drug-likeness (QED) is 0.325. The zero-order chi connectivity index (χ0) is 17.1. The van der Waals surface area contributed by atoms with E-state index in [9.17, 15) is 0 Å². The lowest BCUT2D eigenvalue weighted by molar-refractivity contribution is 0.332. The number of unbranched alkanes of at least 4 members (excludes halogenated alkanes) is 1. The molecule has 0 unspecified atom stereocenters. The molecule has 0 saturated heterocycles. The largest absolute Gasteiger partial charge is 0.359 e. The van der Waals surface area contributed by atoms with Gasteiger partial charge in [0.15, 0.2) is 11.7 Å². The maximum atomic E-state index is 5.32. The number of guanidine groups is 1. The van der Waals surface area contributed by atoms with Crippen LogP contribution in [0.4, 0.5) is 0 Å². The van der Waals surface area contributed by atoms with E-state index in [0.717, 1.165) is 43.6 Å². The summed E-state index contributed by atoms with van der Waals surface area (Å²) >= 11 is 0. The summed E-state index contributed by atoms with van der Waals surface area (Å²) in [6, 6.07) is 1.98. The van der Waals surface area contributed by atoms with Crippen LogP contribution in [0, 0.1) is 0 Å². The second-order valence-corrected chi connectivity index (χ2v) is 6.15. The number of likely N-dealkylation sites (N-methyl/N-ethyl adjacent to an activating group) is 1. The predicted octanol–water partition coefficient (Wildman–Crippen LogP) is 3.20. The van der Waals surface area contributed by atoms with Gasteiger partial charge in [-0.15, -0.1) is 24.0 Å². The molecular formula is C17H34IN5O. The van der Waals surface area contributed by atoms with Crippen molar-refractivity contribution in [3.63, 3.8) is 0 Å². The molecule has 140 valence electrons. The molecule has 6 nitrogen and oxygen atoms in total. The van der Waals surface area contributed by atoms with Gasteiger partial charge in [0.05, 0.1) is 5.69 Å². The average Bonchev–Trinajstić information content (AvgIpc) is 2.99. The van der Waals surface area contributed by atoms with Crippen LogP contribution in [-0.2, 0) is 6.54 Å². The number of halogens is 1. The molecule has 24 heavy (non-hydrogen) atoms. The zero-order valence-electron chi connectivity index (χ0n) is 15.8. The normalized spacial score (nSPS) is 11.7. The topological polar surface area (TPSA) is 65.7 Å². The molecule has 0 aliphatic carbocycles. The fourth-order valence-corrected chi connectivity index (χ4v) is 2.08. The number of rotatable bonds is 10. The van der Waals surface area contributed by atoms with Crippen LogP contribution in [0.15, 0.2) is 15.6 Å². The first-order valence-corrected chi connectivity index (χ1v) is 8.73. The Labute approximate surface area is 163 Å². The third kappa shape index (κ3) is 9.46. The van der Waals surface area contributed by atoms with E-state index in [1.165, 1.54) is 12.8 Å². The number of hydrogen-bond acceptors (Lipinski definition) is 4. The highest BCUT2D eigenvalue weighted by atomic mass is 127. The van der Waals surface area contributed by atoms with Gasteiger partial charge in [0, 0.05) is 25.7 Å². The van der Waals surface area contributed by atoms with Gasteiger partial charge in [0.1, 0.15) is 6.54 Å². The molecule has 0 spiro atoms. The Balaban J connectivity index is 0.00000529. The maximum absolute atomic E-state index is 5.32. The van der Waals surface area contributed by atoms with Gasteiger partial charge < -0.3 is 20.1 Å². The standard InChI is InChI=1S/C17H33N5O.HI/c1-6-8-10-22(5)11-9-19-17(18-7-2)20-13-15-12-16(14(3)4)21-23-15;/h12,14H,6-11,13H2,1-5H3,(H2,18,19,20);1H. The molecule has 1 aromatic rings. The highest BCUT2D eigenvalue weighted by Gasteiger charge is 2.07. The van der Waals surface area contributed by atoms with E-state index in [1.807, 2.05) is 6.07 Å². The summed E-state index contributed by atoms with van der Waals surface area (Å²) < 4.78 is 5.32. The molecule has 0 radical (unpaired) electrons. The Morgan fingerprint density at radius 2 is 2.04 bits per heavy atom. The zero-order valence-corrected chi connectivity index (χ0v) is 18.1. The minimum atomic E-state index is 0. The van der Waals surface area contributed by atoms with Gasteiger partial charge in [-0.2, -0.15) is 0 Å². The molecule has 7 heteroatoms. The van der Waals surface area contributed by atoms with Crippen molar-refractivity contribution in [1.29, 1.82) is 0 Å². The van der Waals surface area contributed by atoms with Crippen molar-refractivity contribution in [3.05, 3.63) is 17.5 Å². The van der Waals surface area contributed by atoms with E-state index in [0.29, 0.717) is 12.5 Å². The minimum Gasteiger partial charge on any atom is -0.359 e. The Morgan fingerprint density at radius 3 is 2.62 bits per heavy atom. The van der Waals surface area contributed by atoms with Crippen molar-refractivity contribution in [3.8, 4) is 0 Å². The van der Waals surface area contributed by atoms with Gasteiger partial charge in [0.25, 0.3) is 0 Å². The summed E-state index contributed by atoms with van der Waals surface area (Å²) in [6.45, 7) is 12.8. The van der Waals surface area contributed by atoms with Crippen molar-refractivity contribution in [2.45, 2.75) is 53.0 Å². The summed E-state index contributed by atoms with van der Waals surface area (Å²) in [5.41, 5.74) is 0.978. The second-order valence-electron chi connectivity index (χ2n) is 6.15. The van der Waals surface area contributed by atoms with Crippen molar-refractivity contribution in [2.75, 3.05) is 33.2 Å². The molecule has 0 aliphatic rings. The fraction of sp³-hybridized carbons (Fsp3) is 0.765. The average molecular weight is 451 g/mol. The van der Waals surface area contributed by atoms with Crippen molar-refractivity contribution < 1.29 is 4.52 Å². The Kier molecular flexibility index (Phi) is 13.0. The summed E-state index contributed by atoms with van der Waals surface area (Å²) in [5.74, 6) is 1.99. The summed E-state index contributed by atoms with van der Waals surface area (Å²) in [5, 5.41) is 10.7. The maximum Gasteiger partial charge on any atom is 0.191 e. The Bertz CT molecular complexity index is 462. The number of nitrogens with zero attached hydrogens (tertiary/aromatic N) is 3. The van der Waals surface area contributed by atoms with Crippen LogP contribution in [-0.4, -0.2) is 49.2 Å². The van der Waals surface area contributed by atoms with Gasteiger partial charge in [0.2, 0.25) is 0 Å². The number of aliphatic imine (C=N–C) groups is 1. The summed E-state index contributed by atoms with van der Waals surface area (Å²) in [7, 11) is 2.16. The summed E-state index contributed by atoms with van der Waals surface area (Å²) in [4.78, 5) is 6.90. The molecule has 1 heterocycles.